The molecule has 3 N–H and O–H groups in total. The Morgan fingerprint density at radius 1 is 1.44 bits per heavy atom. The Hall–Kier alpha value is -0.970. The lowest BCUT2D eigenvalue weighted by Gasteiger charge is -2.26. The molecule has 1 aliphatic rings. The van der Waals surface area contributed by atoms with Gasteiger partial charge in [0, 0.05) is 19.1 Å². The maximum absolute atomic E-state index is 12.7. The highest BCUT2D eigenvalue weighted by molar-refractivity contribution is 5.19. The molecule has 0 amide bonds. The minimum Gasteiger partial charge on any atom is -0.376 e. The molecule has 0 spiro atoms. The lowest BCUT2D eigenvalue weighted by Crippen LogP contribution is -2.40. The first kappa shape index (κ1) is 11.5. The van der Waals surface area contributed by atoms with Crippen LogP contribution in [0.25, 0.3) is 0 Å². The number of hydrogen-bond acceptors (Lipinski definition) is 3. The van der Waals surface area contributed by atoms with Crippen molar-refractivity contribution in [1.29, 1.82) is 0 Å². The van der Waals surface area contributed by atoms with Crippen LogP contribution in [-0.2, 0) is 4.74 Å². The summed E-state index contributed by atoms with van der Waals surface area (Å²) in [5.74, 6) is -0.230. The van der Waals surface area contributed by atoms with Crippen LogP contribution in [0.2, 0.25) is 0 Å². The molecule has 0 radical (unpaired) electrons. The normalized spacial score (nSPS) is 23.0. The lowest BCUT2D eigenvalue weighted by molar-refractivity contribution is 0.0195. The minimum atomic E-state index is -0.230. The molecule has 1 aromatic rings. The second kappa shape index (κ2) is 5.39. The largest absolute Gasteiger partial charge is 0.376 e. The van der Waals surface area contributed by atoms with Crippen molar-refractivity contribution in [2.45, 2.75) is 18.6 Å². The van der Waals surface area contributed by atoms with Crippen molar-refractivity contribution in [1.82, 2.24) is 5.32 Å². The van der Waals surface area contributed by atoms with Crippen molar-refractivity contribution < 1.29 is 9.13 Å². The van der Waals surface area contributed by atoms with Crippen molar-refractivity contribution in [3.8, 4) is 0 Å². The zero-order valence-corrected chi connectivity index (χ0v) is 9.16. The molecular formula is C12H17FN2O. The van der Waals surface area contributed by atoms with Crippen molar-refractivity contribution in [2.24, 2.45) is 5.73 Å². The van der Waals surface area contributed by atoms with Crippen LogP contribution in [0, 0.1) is 5.82 Å². The summed E-state index contributed by atoms with van der Waals surface area (Å²) in [7, 11) is 0. The molecule has 88 valence electrons. The van der Waals surface area contributed by atoms with Gasteiger partial charge in [-0.15, -0.1) is 0 Å². The molecule has 2 rings (SSSR count). The van der Waals surface area contributed by atoms with Crippen LogP contribution in [0.15, 0.2) is 24.3 Å². The average molecular weight is 224 g/mol. The lowest BCUT2D eigenvalue weighted by atomic mass is 10.0. The van der Waals surface area contributed by atoms with E-state index in [9.17, 15) is 4.39 Å². The van der Waals surface area contributed by atoms with Crippen molar-refractivity contribution in [3.05, 3.63) is 35.6 Å². The maximum Gasteiger partial charge on any atom is 0.123 e. The Morgan fingerprint density at radius 3 is 2.81 bits per heavy atom. The summed E-state index contributed by atoms with van der Waals surface area (Å²) in [6, 6.07) is 6.25. The van der Waals surface area contributed by atoms with Gasteiger partial charge in [0.2, 0.25) is 0 Å². The van der Waals surface area contributed by atoms with Gasteiger partial charge in [0.1, 0.15) is 5.82 Å². The predicted octanol–water partition coefficient (Wildman–Crippen LogP) is 1.20. The Labute approximate surface area is 94.8 Å². The number of halogens is 1. The highest BCUT2D eigenvalue weighted by Gasteiger charge is 2.17. The zero-order valence-electron chi connectivity index (χ0n) is 9.16. The Kier molecular flexibility index (Phi) is 3.88. The van der Waals surface area contributed by atoms with Crippen LogP contribution in [0.1, 0.15) is 18.0 Å². The third kappa shape index (κ3) is 3.01. The molecule has 1 heterocycles. The quantitative estimate of drug-likeness (QED) is 0.811. The van der Waals surface area contributed by atoms with Crippen molar-refractivity contribution in [2.75, 3.05) is 19.7 Å². The third-order valence-electron chi connectivity index (χ3n) is 2.82. The molecule has 0 saturated carbocycles. The number of hydrogen-bond donors (Lipinski definition) is 2. The number of rotatable bonds is 3. The third-order valence-corrected chi connectivity index (χ3v) is 2.82. The first-order valence-corrected chi connectivity index (χ1v) is 5.59. The maximum atomic E-state index is 12.7. The summed E-state index contributed by atoms with van der Waals surface area (Å²) in [6.07, 6.45) is 0.923. The Balaban J connectivity index is 1.91. The highest BCUT2D eigenvalue weighted by Crippen LogP contribution is 2.18. The second-order valence-corrected chi connectivity index (χ2v) is 4.09. The number of morpholine rings is 1. The molecule has 4 heteroatoms. The summed E-state index contributed by atoms with van der Waals surface area (Å²) in [5, 5.41) is 3.26. The van der Waals surface area contributed by atoms with Crippen molar-refractivity contribution in [3.63, 3.8) is 0 Å². The van der Waals surface area contributed by atoms with E-state index >= 15 is 0 Å². The minimum absolute atomic E-state index is 0.0921. The number of benzene rings is 1. The van der Waals surface area contributed by atoms with E-state index in [4.69, 9.17) is 10.5 Å². The van der Waals surface area contributed by atoms with Crippen molar-refractivity contribution >= 4 is 0 Å². The molecule has 1 saturated heterocycles. The summed E-state index contributed by atoms with van der Waals surface area (Å²) >= 11 is 0. The molecule has 0 aliphatic carbocycles. The van der Waals surface area contributed by atoms with Gasteiger partial charge in [-0.1, -0.05) is 12.1 Å². The first-order chi connectivity index (χ1) is 7.75. The van der Waals surface area contributed by atoms with Gasteiger partial charge in [0.05, 0.1) is 12.7 Å². The van der Waals surface area contributed by atoms with E-state index in [0.717, 1.165) is 31.7 Å². The van der Waals surface area contributed by atoms with Gasteiger partial charge in [0.15, 0.2) is 0 Å². The fraction of sp³-hybridized carbons (Fsp3) is 0.500. The summed E-state index contributed by atoms with van der Waals surface area (Å²) < 4.78 is 18.3. The van der Waals surface area contributed by atoms with Crippen LogP contribution in [0.3, 0.4) is 0 Å². The predicted molar refractivity (Wildman–Crippen MR) is 60.6 cm³/mol. The number of ether oxygens (including phenoxy) is 1. The van der Waals surface area contributed by atoms with E-state index in [-0.39, 0.29) is 18.0 Å². The van der Waals surface area contributed by atoms with Gasteiger partial charge in [-0.3, -0.25) is 0 Å². The van der Waals surface area contributed by atoms with Gasteiger partial charge >= 0.3 is 0 Å². The zero-order chi connectivity index (χ0) is 11.4. The number of nitrogens with one attached hydrogen (secondary N) is 1. The second-order valence-electron chi connectivity index (χ2n) is 4.09. The molecule has 1 fully saturated rings. The monoisotopic (exact) mass is 224 g/mol. The van der Waals surface area contributed by atoms with Crippen LogP contribution in [0.5, 0.6) is 0 Å². The fourth-order valence-corrected chi connectivity index (χ4v) is 1.90. The van der Waals surface area contributed by atoms with Crippen LogP contribution >= 0.6 is 0 Å². The van der Waals surface area contributed by atoms with Crippen LogP contribution < -0.4 is 11.1 Å². The molecule has 2 unspecified atom stereocenters. The number of nitrogens with two attached hydrogens (primary N) is 1. The van der Waals surface area contributed by atoms with Gasteiger partial charge < -0.3 is 15.8 Å². The van der Waals surface area contributed by atoms with Crippen LogP contribution in [-0.4, -0.2) is 25.8 Å². The van der Waals surface area contributed by atoms with E-state index in [1.165, 1.54) is 12.1 Å². The molecule has 1 aromatic carbocycles. The first-order valence-electron chi connectivity index (χ1n) is 5.59. The Bertz CT molecular complexity index is 322. The van der Waals surface area contributed by atoms with E-state index in [1.807, 2.05) is 0 Å². The molecule has 2 atom stereocenters. The van der Waals surface area contributed by atoms with Gasteiger partial charge in [-0.2, -0.15) is 0 Å². The topological polar surface area (TPSA) is 47.3 Å². The highest BCUT2D eigenvalue weighted by atomic mass is 19.1. The van der Waals surface area contributed by atoms with E-state index < -0.39 is 0 Å². The SMILES string of the molecule is NC(CC1CNCCO1)c1ccc(F)cc1. The molecule has 0 bridgehead atoms. The molecule has 0 aromatic heterocycles. The van der Waals surface area contributed by atoms with E-state index in [2.05, 4.69) is 5.32 Å². The fourth-order valence-electron chi connectivity index (χ4n) is 1.90. The van der Waals surface area contributed by atoms with Gasteiger partial charge in [-0.25, -0.2) is 4.39 Å². The van der Waals surface area contributed by atoms with E-state index in [1.54, 1.807) is 12.1 Å². The average Bonchev–Trinajstić information content (AvgIpc) is 2.31. The van der Waals surface area contributed by atoms with E-state index in [0.29, 0.717) is 0 Å². The molecular weight excluding hydrogens is 207 g/mol. The summed E-state index contributed by atoms with van der Waals surface area (Å²) in [6.45, 7) is 2.48. The molecule has 3 nitrogen and oxygen atoms in total. The Morgan fingerprint density at radius 2 is 2.19 bits per heavy atom. The van der Waals surface area contributed by atoms with Gasteiger partial charge in [0.25, 0.3) is 0 Å². The molecule has 1 aliphatic heterocycles. The van der Waals surface area contributed by atoms with Gasteiger partial charge in [-0.05, 0) is 24.1 Å². The summed E-state index contributed by atoms with van der Waals surface area (Å²) in [5.41, 5.74) is 7.00. The van der Waals surface area contributed by atoms with Crippen LogP contribution in [0.4, 0.5) is 4.39 Å². The standard InChI is InChI=1S/C12H17FN2O/c13-10-3-1-9(2-4-10)12(14)7-11-8-15-5-6-16-11/h1-4,11-12,15H,5-8,14H2. The molecule has 16 heavy (non-hydrogen) atoms. The summed E-state index contributed by atoms with van der Waals surface area (Å²) in [4.78, 5) is 0. The smallest absolute Gasteiger partial charge is 0.123 e.